The van der Waals surface area contributed by atoms with Gasteiger partial charge >= 0.3 is 5.97 Å². The van der Waals surface area contributed by atoms with Crippen LogP contribution in [0.15, 0.2) is 41.3 Å². The van der Waals surface area contributed by atoms with E-state index in [0.717, 1.165) is 12.1 Å². The molecule has 1 fully saturated rings. The molecule has 1 N–H and O–H groups in total. The van der Waals surface area contributed by atoms with Crippen LogP contribution in [-0.2, 0) is 24.3 Å². The molecule has 2 aromatic carbocycles. The summed E-state index contributed by atoms with van der Waals surface area (Å²) < 4.78 is 63.2. The number of esters is 1. The zero-order chi connectivity index (χ0) is 22.6. The lowest BCUT2D eigenvalue weighted by atomic mass is 10.2. The first-order chi connectivity index (χ1) is 14.7. The van der Waals surface area contributed by atoms with Gasteiger partial charge in [0.1, 0.15) is 16.5 Å². The molecule has 0 unspecified atom stereocenters. The van der Waals surface area contributed by atoms with Crippen LogP contribution in [0.4, 0.5) is 14.5 Å². The van der Waals surface area contributed by atoms with Crippen LogP contribution in [0.2, 0.25) is 5.02 Å². The van der Waals surface area contributed by atoms with Gasteiger partial charge in [-0.2, -0.15) is 4.31 Å². The van der Waals surface area contributed by atoms with Crippen LogP contribution in [0.1, 0.15) is 10.4 Å². The molecule has 0 aromatic heterocycles. The molecule has 1 saturated heterocycles. The Morgan fingerprint density at radius 3 is 2.52 bits per heavy atom. The minimum Gasteiger partial charge on any atom is -0.452 e. The number of benzene rings is 2. The monoisotopic (exact) mass is 474 g/mol. The molecule has 1 heterocycles. The van der Waals surface area contributed by atoms with Gasteiger partial charge in [0.25, 0.3) is 5.91 Å². The number of carbonyl (C=O) groups is 2. The van der Waals surface area contributed by atoms with E-state index in [-0.39, 0.29) is 41.9 Å². The number of anilines is 1. The molecule has 3 rings (SSSR count). The molecule has 0 saturated carbocycles. The van der Waals surface area contributed by atoms with Gasteiger partial charge in [-0.1, -0.05) is 11.6 Å². The van der Waals surface area contributed by atoms with Crippen LogP contribution >= 0.6 is 11.6 Å². The van der Waals surface area contributed by atoms with Gasteiger partial charge in [-0.25, -0.2) is 22.0 Å². The number of amides is 1. The van der Waals surface area contributed by atoms with Crippen molar-refractivity contribution in [3.63, 3.8) is 0 Å². The largest absolute Gasteiger partial charge is 0.452 e. The molecular weight excluding hydrogens is 458 g/mol. The third-order valence-electron chi connectivity index (χ3n) is 4.29. The maximum absolute atomic E-state index is 13.6. The molecule has 0 aliphatic carbocycles. The molecule has 0 radical (unpaired) electrons. The quantitative estimate of drug-likeness (QED) is 0.645. The van der Waals surface area contributed by atoms with Crippen LogP contribution < -0.4 is 5.32 Å². The Hall–Kier alpha value is -2.60. The number of nitrogens with zero attached hydrogens (tertiary/aromatic N) is 1. The maximum Gasteiger partial charge on any atom is 0.341 e. The van der Waals surface area contributed by atoms with Crippen molar-refractivity contribution < 1.29 is 36.3 Å². The highest BCUT2D eigenvalue weighted by Gasteiger charge is 2.28. The highest BCUT2D eigenvalue weighted by Crippen LogP contribution is 2.28. The Labute approximate surface area is 181 Å². The number of hydrogen-bond acceptors (Lipinski definition) is 6. The fourth-order valence-electron chi connectivity index (χ4n) is 2.77. The molecule has 1 amide bonds. The Balaban J connectivity index is 1.66. The lowest BCUT2D eigenvalue weighted by Gasteiger charge is -2.26. The van der Waals surface area contributed by atoms with E-state index in [9.17, 15) is 26.8 Å². The lowest BCUT2D eigenvalue weighted by molar-refractivity contribution is -0.119. The number of nitrogens with one attached hydrogen (secondary N) is 1. The molecule has 0 spiro atoms. The van der Waals surface area contributed by atoms with Crippen LogP contribution in [-0.4, -0.2) is 57.5 Å². The van der Waals surface area contributed by atoms with Crippen molar-refractivity contribution in [3.05, 3.63) is 58.6 Å². The Bertz CT molecular complexity index is 1110. The maximum atomic E-state index is 13.6. The van der Waals surface area contributed by atoms with E-state index in [4.69, 9.17) is 21.1 Å². The summed E-state index contributed by atoms with van der Waals surface area (Å²) in [4.78, 5) is 23.8. The number of morpholine rings is 1. The number of ether oxygens (including phenoxy) is 2. The van der Waals surface area contributed by atoms with Crippen LogP contribution in [0, 0.1) is 11.6 Å². The fraction of sp³-hybridized carbons (Fsp3) is 0.263. The molecule has 31 heavy (non-hydrogen) atoms. The smallest absolute Gasteiger partial charge is 0.341 e. The molecule has 166 valence electrons. The average molecular weight is 475 g/mol. The summed E-state index contributed by atoms with van der Waals surface area (Å²) in [6.07, 6.45) is 0. The number of carbonyl (C=O) groups excluding carboxylic acids is 2. The zero-order valence-electron chi connectivity index (χ0n) is 15.9. The number of hydrogen-bond donors (Lipinski definition) is 1. The molecule has 0 bridgehead atoms. The zero-order valence-corrected chi connectivity index (χ0v) is 17.5. The second kappa shape index (κ2) is 9.69. The van der Waals surface area contributed by atoms with Crippen molar-refractivity contribution in [1.82, 2.24) is 4.31 Å². The first-order valence-corrected chi connectivity index (χ1v) is 10.8. The van der Waals surface area contributed by atoms with Gasteiger partial charge in [-0.05, 0) is 30.3 Å². The van der Waals surface area contributed by atoms with E-state index in [1.54, 1.807) is 0 Å². The number of sulfonamides is 1. The molecule has 0 atom stereocenters. The third-order valence-corrected chi connectivity index (χ3v) is 6.67. The van der Waals surface area contributed by atoms with E-state index in [2.05, 4.69) is 5.32 Å². The summed E-state index contributed by atoms with van der Waals surface area (Å²) in [5.74, 6) is -3.94. The first-order valence-electron chi connectivity index (χ1n) is 8.98. The second-order valence-corrected chi connectivity index (χ2v) is 8.72. The van der Waals surface area contributed by atoms with Crippen LogP contribution in [0.5, 0.6) is 0 Å². The van der Waals surface area contributed by atoms with Gasteiger partial charge in [-0.15, -0.1) is 0 Å². The lowest BCUT2D eigenvalue weighted by Crippen LogP contribution is -2.40. The standard InChI is InChI=1S/C19H17ClF2N2O6S/c20-15-4-2-13(10-17(15)31(27,28)24-5-7-29-8-6-24)23-18(25)11-30-19(26)14-3-1-12(21)9-16(14)22/h1-4,9-10H,5-8,11H2,(H,23,25). The second-order valence-electron chi connectivity index (χ2n) is 6.41. The van der Waals surface area contributed by atoms with Gasteiger partial charge in [0.05, 0.1) is 23.8 Å². The van der Waals surface area contributed by atoms with Gasteiger partial charge < -0.3 is 14.8 Å². The van der Waals surface area contributed by atoms with Gasteiger partial charge in [0.2, 0.25) is 10.0 Å². The SMILES string of the molecule is O=C(COC(=O)c1ccc(F)cc1F)Nc1ccc(Cl)c(S(=O)(=O)N2CCOCC2)c1. The van der Waals surface area contributed by atoms with E-state index >= 15 is 0 Å². The van der Waals surface area contributed by atoms with Crippen LogP contribution in [0.3, 0.4) is 0 Å². The highest BCUT2D eigenvalue weighted by molar-refractivity contribution is 7.89. The van der Waals surface area contributed by atoms with E-state index < -0.39 is 45.7 Å². The molecule has 12 heteroatoms. The predicted octanol–water partition coefficient (Wildman–Crippen LogP) is 2.43. The topological polar surface area (TPSA) is 102 Å². The summed E-state index contributed by atoms with van der Waals surface area (Å²) >= 11 is 6.05. The van der Waals surface area contributed by atoms with Crippen molar-refractivity contribution in [2.24, 2.45) is 0 Å². The van der Waals surface area contributed by atoms with Crippen LogP contribution in [0.25, 0.3) is 0 Å². The predicted molar refractivity (Wildman–Crippen MR) is 106 cm³/mol. The molecule has 1 aliphatic rings. The molecule has 1 aliphatic heterocycles. The van der Waals surface area contributed by atoms with Crippen molar-refractivity contribution >= 4 is 39.2 Å². The first kappa shape index (κ1) is 23.1. The van der Waals surface area contributed by atoms with Gasteiger partial charge in [-0.3, -0.25) is 4.79 Å². The molecule has 2 aromatic rings. The Kier molecular flexibility index (Phi) is 7.21. The van der Waals surface area contributed by atoms with Crippen molar-refractivity contribution in [2.45, 2.75) is 4.90 Å². The number of rotatable bonds is 6. The molecular formula is C19H17ClF2N2O6S. The molecule has 8 nitrogen and oxygen atoms in total. The van der Waals surface area contributed by atoms with Gasteiger partial charge in [0, 0.05) is 24.8 Å². The van der Waals surface area contributed by atoms with Crippen molar-refractivity contribution in [3.8, 4) is 0 Å². The normalized spacial score (nSPS) is 14.8. The average Bonchev–Trinajstić information content (AvgIpc) is 2.74. The minimum atomic E-state index is -3.91. The summed E-state index contributed by atoms with van der Waals surface area (Å²) in [6.45, 7) is 0.0840. The summed E-state index contributed by atoms with van der Waals surface area (Å²) in [5, 5.41) is 2.35. The fourth-order valence-corrected chi connectivity index (χ4v) is 4.67. The summed E-state index contributed by atoms with van der Waals surface area (Å²) in [6, 6.07) is 6.16. The van der Waals surface area contributed by atoms with Gasteiger partial charge in [0.15, 0.2) is 6.61 Å². The van der Waals surface area contributed by atoms with Crippen molar-refractivity contribution in [1.29, 1.82) is 0 Å². The highest BCUT2D eigenvalue weighted by atomic mass is 35.5. The summed E-state index contributed by atoms with van der Waals surface area (Å²) in [5.41, 5.74) is -0.426. The van der Waals surface area contributed by atoms with E-state index in [1.165, 1.54) is 22.5 Å². The minimum absolute atomic E-state index is 0.0253. The Morgan fingerprint density at radius 2 is 1.84 bits per heavy atom. The van der Waals surface area contributed by atoms with E-state index in [1.807, 2.05) is 0 Å². The van der Waals surface area contributed by atoms with E-state index in [0.29, 0.717) is 6.07 Å². The summed E-state index contributed by atoms with van der Waals surface area (Å²) in [7, 11) is -3.91. The third kappa shape index (κ3) is 5.56. The number of halogens is 3. The van der Waals surface area contributed by atoms with Crippen molar-refractivity contribution in [2.75, 3.05) is 38.2 Å². The Morgan fingerprint density at radius 1 is 1.13 bits per heavy atom.